The van der Waals surface area contributed by atoms with Crippen LogP contribution >= 0.6 is 0 Å². The fraction of sp³-hybridized carbons (Fsp3) is 0.150. The minimum absolute atomic E-state index is 0.120. The van der Waals surface area contributed by atoms with Crippen LogP contribution in [0.4, 0.5) is 0 Å². The molecule has 0 unspecified atom stereocenters. The van der Waals surface area contributed by atoms with Gasteiger partial charge in [0.2, 0.25) is 0 Å². The van der Waals surface area contributed by atoms with Gasteiger partial charge in [-0.25, -0.2) is 9.50 Å². The zero-order valence-corrected chi connectivity index (χ0v) is 14.3. The minimum Gasteiger partial charge on any atom is -0.497 e. The highest BCUT2D eigenvalue weighted by molar-refractivity contribution is 5.77. The molecular formula is C20H18N4O2. The van der Waals surface area contributed by atoms with Crippen molar-refractivity contribution in [2.45, 2.75) is 12.8 Å². The molecule has 0 spiro atoms. The van der Waals surface area contributed by atoms with E-state index in [2.05, 4.69) is 10.1 Å². The number of fused-ring (bicyclic) bond motifs is 1. The van der Waals surface area contributed by atoms with Crippen LogP contribution in [0, 0.1) is 0 Å². The van der Waals surface area contributed by atoms with Gasteiger partial charge in [-0.1, -0.05) is 18.2 Å². The third-order valence-corrected chi connectivity index (χ3v) is 4.32. The zero-order valence-electron chi connectivity index (χ0n) is 14.3. The highest BCUT2D eigenvalue weighted by Gasteiger charge is 2.11. The first-order valence-electron chi connectivity index (χ1n) is 8.38. The lowest BCUT2D eigenvalue weighted by Gasteiger charge is -2.05. The van der Waals surface area contributed by atoms with E-state index in [4.69, 9.17) is 9.72 Å². The first-order valence-corrected chi connectivity index (χ1v) is 8.38. The maximum atomic E-state index is 12.4. The zero-order chi connectivity index (χ0) is 17.9. The Balaban J connectivity index is 1.72. The van der Waals surface area contributed by atoms with E-state index in [1.165, 1.54) is 4.52 Å². The first kappa shape index (κ1) is 16.1. The third-order valence-electron chi connectivity index (χ3n) is 4.32. The normalized spacial score (nSPS) is 11.0. The maximum Gasteiger partial charge on any atom is 0.272 e. The summed E-state index contributed by atoms with van der Waals surface area (Å²) in [7, 11) is 1.63. The second-order valence-corrected chi connectivity index (χ2v) is 6.03. The van der Waals surface area contributed by atoms with E-state index in [1.807, 2.05) is 42.6 Å². The molecule has 0 saturated heterocycles. The number of aryl methyl sites for hydroxylation is 2. The molecule has 26 heavy (non-hydrogen) atoms. The van der Waals surface area contributed by atoms with Gasteiger partial charge in [-0.3, -0.25) is 14.9 Å². The molecule has 0 aliphatic rings. The number of H-pyrrole nitrogens is 1. The molecule has 0 atom stereocenters. The number of methoxy groups -OCH3 is 1. The molecule has 0 bridgehead atoms. The molecule has 0 aliphatic carbocycles. The fourth-order valence-corrected chi connectivity index (χ4v) is 2.98. The van der Waals surface area contributed by atoms with Gasteiger partial charge in [0, 0.05) is 35.9 Å². The smallest absolute Gasteiger partial charge is 0.272 e. The molecule has 0 fully saturated rings. The van der Waals surface area contributed by atoms with Gasteiger partial charge in [-0.05, 0) is 42.2 Å². The largest absolute Gasteiger partial charge is 0.497 e. The molecule has 4 rings (SSSR count). The monoisotopic (exact) mass is 346 g/mol. The van der Waals surface area contributed by atoms with Crippen LogP contribution in [-0.2, 0) is 12.8 Å². The molecule has 0 saturated carbocycles. The quantitative estimate of drug-likeness (QED) is 0.603. The number of nitrogens with zero attached hydrogens (tertiary/aromatic N) is 3. The Labute approximate surface area is 150 Å². The number of nitrogens with one attached hydrogen (secondary N) is 1. The predicted octanol–water partition coefficient (Wildman–Crippen LogP) is 2.88. The first-order chi connectivity index (χ1) is 12.7. The molecule has 0 amide bonds. The lowest BCUT2D eigenvalue weighted by atomic mass is 10.1. The molecule has 6 heteroatoms. The summed E-state index contributed by atoms with van der Waals surface area (Å²) in [6.45, 7) is 0. The molecular weight excluding hydrogens is 328 g/mol. The van der Waals surface area contributed by atoms with E-state index in [0.29, 0.717) is 12.1 Å². The Hall–Kier alpha value is -3.41. The van der Waals surface area contributed by atoms with Crippen LogP contribution < -0.4 is 10.3 Å². The van der Waals surface area contributed by atoms with Crippen LogP contribution in [0.1, 0.15) is 11.3 Å². The van der Waals surface area contributed by atoms with Crippen molar-refractivity contribution in [1.82, 2.24) is 19.6 Å². The van der Waals surface area contributed by atoms with Crippen LogP contribution in [0.5, 0.6) is 5.75 Å². The van der Waals surface area contributed by atoms with Crippen LogP contribution in [0.15, 0.2) is 65.8 Å². The molecule has 1 N–H and O–H groups in total. The summed E-state index contributed by atoms with van der Waals surface area (Å²) < 4.78 is 6.76. The van der Waals surface area contributed by atoms with Crippen molar-refractivity contribution < 1.29 is 4.74 Å². The van der Waals surface area contributed by atoms with Gasteiger partial charge in [-0.15, -0.1) is 0 Å². The Morgan fingerprint density at radius 2 is 2.08 bits per heavy atom. The van der Waals surface area contributed by atoms with Gasteiger partial charge >= 0.3 is 0 Å². The van der Waals surface area contributed by atoms with Crippen LogP contribution in [-0.4, -0.2) is 26.7 Å². The Morgan fingerprint density at radius 1 is 1.15 bits per heavy atom. The highest BCUT2D eigenvalue weighted by Crippen LogP contribution is 2.26. The average Bonchev–Trinajstić information content (AvgIpc) is 3.12. The predicted molar refractivity (Wildman–Crippen MR) is 99.4 cm³/mol. The van der Waals surface area contributed by atoms with Gasteiger partial charge < -0.3 is 4.74 Å². The summed E-state index contributed by atoms with van der Waals surface area (Å²) in [5, 5.41) is 2.98. The number of rotatable bonds is 5. The van der Waals surface area contributed by atoms with Gasteiger partial charge in [-0.2, -0.15) is 0 Å². The Kier molecular flexibility index (Phi) is 4.23. The summed E-state index contributed by atoms with van der Waals surface area (Å²) in [5.41, 5.74) is 4.19. The molecule has 4 aromatic rings. The van der Waals surface area contributed by atoms with E-state index >= 15 is 0 Å². The maximum absolute atomic E-state index is 12.4. The average molecular weight is 346 g/mol. The second kappa shape index (κ2) is 6.84. The fourth-order valence-electron chi connectivity index (χ4n) is 2.98. The number of aromatic amines is 1. The Morgan fingerprint density at radius 3 is 2.88 bits per heavy atom. The van der Waals surface area contributed by atoms with Crippen LogP contribution in [0.25, 0.3) is 16.8 Å². The minimum atomic E-state index is -0.120. The SMILES string of the molecule is COc1cccc(-c2c[nH]n3c(=O)cc(CCc4cccnc4)nc23)c1. The van der Waals surface area contributed by atoms with Crippen molar-refractivity contribution in [3.05, 3.63) is 82.7 Å². The molecule has 3 aromatic heterocycles. The summed E-state index contributed by atoms with van der Waals surface area (Å²) >= 11 is 0. The lowest BCUT2D eigenvalue weighted by molar-refractivity contribution is 0.415. The third kappa shape index (κ3) is 3.09. The molecule has 6 nitrogen and oxygen atoms in total. The number of benzene rings is 1. The molecule has 1 aromatic carbocycles. The van der Waals surface area contributed by atoms with E-state index < -0.39 is 0 Å². The molecule has 3 heterocycles. The van der Waals surface area contributed by atoms with Gasteiger partial charge in [0.05, 0.1) is 7.11 Å². The van der Waals surface area contributed by atoms with Gasteiger partial charge in [0.1, 0.15) is 5.75 Å². The van der Waals surface area contributed by atoms with Crippen LogP contribution in [0.3, 0.4) is 0 Å². The number of ether oxygens (including phenoxy) is 1. The molecule has 0 radical (unpaired) electrons. The number of hydrogen-bond donors (Lipinski definition) is 1. The van der Waals surface area contributed by atoms with E-state index in [0.717, 1.165) is 34.6 Å². The summed E-state index contributed by atoms with van der Waals surface area (Å²) in [5.74, 6) is 0.761. The summed E-state index contributed by atoms with van der Waals surface area (Å²) in [4.78, 5) is 21.3. The number of hydrogen-bond acceptors (Lipinski definition) is 4. The topological polar surface area (TPSA) is 72.3 Å². The van der Waals surface area contributed by atoms with Crippen molar-refractivity contribution in [3.63, 3.8) is 0 Å². The van der Waals surface area contributed by atoms with E-state index in [9.17, 15) is 4.79 Å². The molecule has 0 aliphatic heterocycles. The highest BCUT2D eigenvalue weighted by atomic mass is 16.5. The number of pyridine rings is 1. The Bertz CT molecular complexity index is 1100. The lowest BCUT2D eigenvalue weighted by Crippen LogP contribution is -2.15. The van der Waals surface area contributed by atoms with Gasteiger partial charge in [0.15, 0.2) is 5.65 Å². The van der Waals surface area contributed by atoms with Crippen molar-refractivity contribution in [2.24, 2.45) is 0 Å². The van der Waals surface area contributed by atoms with E-state index in [1.54, 1.807) is 25.6 Å². The number of aromatic nitrogens is 4. The van der Waals surface area contributed by atoms with Crippen molar-refractivity contribution in [1.29, 1.82) is 0 Å². The van der Waals surface area contributed by atoms with Crippen LogP contribution in [0.2, 0.25) is 0 Å². The van der Waals surface area contributed by atoms with Crippen molar-refractivity contribution in [3.8, 4) is 16.9 Å². The van der Waals surface area contributed by atoms with Crippen molar-refractivity contribution >= 4 is 5.65 Å². The molecule has 130 valence electrons. The summed E-state index contributed by atoms with van der Waals surface area (Å²) in [6, 6.07) is 13.2. The standard InChI is InChI=1S/C20H18N4O2/c1-26-17-6-2-5-15(10-17)18-13-22-24-19(25)11-16(23-20(18)24)8-7-14-4-3-9-21-12-14/h2-6,9-13,22H,7-8H2,1H3. The van der Waals surface area contributed by atoms with E-state index in [-0.39, 0.29) is 5.56 Å². The summed E-state index contributed by atoms with van der Waals surface area (Å²) in [6.07, 6.45) is 6.85. The second-order valence-electron chi connectivity index (χ2n) is 6.03. The van der Waals surface area contributed by atoms with Crippen molar-refractivity contribution in [2.75, 3.05) is 7.11 Å². The van der Waals surface area contributed by atoms with Gasteiger partial charge in [0.25, 0.3) is 5.56 Å².